The summed E-state index contributed by atoms with van der Waals surface area (Å²) in [6.45, 7) is 4.02. The van der Waals surface area contributed by atoms with Gasteiger partial charge in [-0.25, -0.2) is 0 Å². The molecule has 0 bridgehead atoms. The van der Waals surface area contributed by atoms with Crippen LogP contribution in [0.2, 0.25) is 0 Å². The first kappa shape index (κ1) is 11.0. The number of hydrogen-bond acceptors (Lipinski definition) is 2. The smallest absolute Gasteiger partial charge is 0.214 e. The summed E-state index contributed by atoms with van der Waals surface area (Å²) < 4.78 is 4.02. The Bertz CT molecular complexity index is 575. The van der Waals surface area contributed by atoms with Crippen LogP contribution in [0.5, 0.6) is 5.88 Å². The van der Waals surface area contributed by atoms with Crippen molar-refractivity contribution >= 4 is 12.2 Å². The van der Waals surface area contributed by atoms with Gasteiger partial charge in [0.1, 0.15) is 0 Å². The summed E-state index contributed by atoms with van der Waals surface area (Å²) in [6.07, 6.45) is 1.62. The Hall–Kier alpha value is -1.55. The molecule has 0 atom stereocenters. The van der Waals surface area contributed by atoms with Crippen molar-refractivity contribution in [2.24, 2.45) is 7.05 Å². The van der Waals surface area contributed by atoms with Crippen LogP contribution in [-0.2, 0) is 7.05 Å². The molecule has 1 aromatic heterocycles. The SMILES string of the molecule is Cc1cccc(C)c1-n1c(O)cn(C)c1=S. The monoisotopic (exact) mass is 234 g/mol. The van der Waals surface area contributed by atoms with Gasteiger partial charge in [0, 0.05) is 7.05 Å². The van der Waals surface area contributed by atoms with Crippen LogP contribution in [0, 0.1) is 18.6 Å². The molecular formula is C12H14N2OS. The maximum Gasteiger partial charge on any atom is 0.214 e. The van der Waals surface area contributed by atoms with Gasteiger partial charge in [-0.1, -0.05) is 18.2 Å². The van der Waals surface area contributed by atoms with Crippen molar-refractivity contribution in [3.8, 4) is 11.6 Å². The Labute approximate surface area is 99.6 Å². The molecule has 3 nitrogen and oxygen atoms in total. The highest BCUT2D eigenvalue weighted by Gasteiger charge is 2.11. The molecule has 0 aliphatic heterocycles. The maximum absolute atomic E-state index is 9.89. The minimum Gasteiger partial charge on any atom is -0.493 e. The molecule has 4 heteroatoms. The van der Waals surface area contributed by atoms with Crippen molar-refractivity contribution in [2.45, 2.75) is 13.8 Å². The van der Waals surface area contributed by atoms with E-state index < -0.39 is 0 Å². The zero-order chi connectivity index (χ0) is 11.9. The number of benzene rings is 1. The van der Waals surface area contributed by atoms with Crippen molar-refractivity contribution in [3.05, 3.63) is 40.3 Å². The Morgan fingerprint density at radius 2 is 1.75 bits per heavy atom. The zero-order valence-electron chi connectivity index (χ0n) is 9.56. The molecule has 0 aliphatic rings. The summed E-state index contributed by atoms with van der Waals surface area (Å²) in [5, 5.41) is 9.89. The summed E-state index contributed by atoms with van der Waals surface area (Å²) in [5.41, 5.74) is 3.15. The topological polar surface area (TPSA) is 30.1 Å². The van der Waals surface area contributed by atoms with Gasteiger partial charge in [-0.3, -0.25) is 4.57 Å². The predicted octanol–water partition coefficient (Wildman–Crippen LogP) is 2.87. The van der Waals surface area contributed by atoms with Crippen LogP contribution >= 0.6 is 12.2 Å². The first-order valence-corrected chi connectivity index (χ1v) is 5.47. The van der Waals surface area contributed by atoms with E-state index in [0.717, 1.165) is 16.8 Å². The van der Waals surface area contributed by atoms with Crippen molar-refractivity contribution < 1.29 is 5.11 Å². The quantitative estimate of drug-likeness (QED) is 0.769. The molecule has 0 saturated heterocycles. The fourth-order valence-electron chi connectivity index (χ4n) is 1.91. The van der Waals surface area contributed by atoms with Crippen molar-refractivity contribution in [2.75, 3.05) is 0 Å². The van der Waals surface area contributed by atoms with E-state index in [2.05, 4.69) is 0 Å². The van der Waals surface area contributed by atoms with Crippen molar-refractivity contribution in [1.82, 2.24) is 9.13 Å². The molecular weight excluding hydrogens is 220 g/mol. The Morgan fingerprint density at radius 3 is 2.19 bits per heavy atom. The molecule has 0 spiro atoms. The summed E-state index contributed by atoms with van der Waals surface area (Å²) in [5.74, 6) is 0.171. The third kappa shape index (κ3) is 1.55. The number of imidazole rings is 1. The average molecular weight is 234 g/mol. The van der Waals surface area contributed by atoms with Crippen LogP contribution in [-0.4, -0.2) is 14.2 Å². The number of rotatable bonds is 1. The van der Waals surface area contributed by atoms with Gasteiger partial charge in [-0.15, -0.1) is 0 Å². The van der Waals surface area contributed by atoms with Crippen LogP contribution in [0.25, 0.3) is 5.69 Å². The third-order valence-electron chi connectivity index (χ3n) is 2.69. The lowest BCUT2D eigenvalue weighted by Gasteiger charge is -2.11. The second kappa shape index (κ2) is 3.79. The lowest BCUT2D eigenvalue weighted by molar-refractivity contribution is 0.441. The van der Waals surface area contributed by atoms with E-state index in [9.17, 15) is 5.11 Å². The molecule has 1 heterocycles. The predicted molar refractivity (Wildman–Crippen MR) is 66.7 cm³/mol. The van der Waals surface area contributed by atoms with Gasteiger partial charge in [-0.2, -0.15) is 0 Å². The number of aromatic nitrogens is 2. The Kier molecular flexibility index (Phi) is 2.59. The van der Waals surface area contributed by atoms with Gasteiger partial charge in [0.2, 0.25) is 5.88 Å². The molecule has 0 amide bonds. The lowest BCUT2D eigenvalue weighted by atomic mass is 10.1. The van der Waals surface area contributed by atoms with Crippen LogP contribution < -0.4 is 0 Å². The van der Waals surface area contributed by atoms with Gasteiger partial charge in [0.25, 0.3) is 0 Å². The second-order valence-corrected chi connectivity index (χ2v) is 4.32. The standard InChI is InChI=1S/C12H14N2OS/c1-8-5-4-6-9(2)11(8)14-10(15)7-13(3)12(14)16/h4-7,15H,1-3H3. The molecule has 2 rings (SSSR count). The third-order valence-corrected chi connectivity index (χ3v) is 3.16. The highest BCUT2D eigenvalue weighted by atomic mass is 32.1. The zero-order valence-corrected chi connectivity index (χ0v) is 10.4. The number of aromatic hydroxyl groups is 1. The van der Waals surface area contributed by atoms with Gasteiger partial charge < -0.3 is 9.67 Å². The summed E-state index contributed by atoms with van der Waals surface area (Å²) in [7, 11) is 1.83. The number of para-hydroxylation sites is 1. The fraction of sp³-hybridized carbons (Fsp3) is 0.250. The molecule has 1 aromatic carbocycles. The molecule has 0 aliphatic carbocycles. The van der Waals surface area contributed by atoms with E-state index in [1.54, 1.807) is 15.3 Å². The van der Waals surface area contributed by atoms with E-state index in [0.29, 0.717) is 4.77 Å². The van der Waals surface area contributed by atoms with E-state index >= 15 is 0 Å². The van der Waals surface area contributed by atoms with E-state index in [1.807, 2.05) is 39.1 Å². The number of hydrogen-bond donors (Lipinski definition) is 1. The first-order chi connectivity index (χ1) is 7.52. The molecule has 84 valence electrons. The normalized spacial score (nSPS) is 10.7. The Morgan fingerprint density at radius 1 is 1.19 bits per heavy atom. The van der Waals surface area contributed by atoms with Crippen LogP contribution in [0.4, 0.5) is 0 Å². The van der Waals surface area contributed by atoms with E-state index in [4.69, 9.17) is 12.2 Å². The number of nitrogens with zero attached hydrogens (tertiary/aromatic N) is 2. The van der Waals surface area contributed by atoms with Gasteiger partial charge in [-0.05, 0) is 37.2 Å². The van der Waals surface area contributed by atoms with Crippen molar-refractivity contribution in [1.29, 1.82) is 0 Å². The minimum atomic E-state index is 0.171. The highest BCUT2D eigenvalue weighted by molar-refractivity contribution is 7.71. The molecule has 2 aromatic rings. The summed E-state index contributed by atoms with van der Waals surface area (Å²) >= 11 is 5.28. The van der Waals surface area contributed by atoms with Gasteiger partial charge in [0.05, 0.1) is 11.9 Å². The lowest BCUT2D eigenvalue weighted by Crippen LogP contribution is -2.00. The summed E-state index contributed by atoms with van der Waals surface area (Å²) in [4.78, 5) is 0. The molecule has 1 N–H and O–H groups in total. The van der Waals surface area contributed by atoms with Crippen LogP contribution in [0.3, 0.4) is 0 Å². The average Bonchev–Trinajstić information content (AvgIpc) is 2.44. The maximum atomic E-state index is 9.89. The number of aryl methyl sites for hydroxylation is 3. The molecule has 0 saturated carbocycles. The molecule has 16 heavy (non-hydrogen) atoms. The minimum absolute atomic E-state index is 0.171. The first-order valence-electron chi connectivity index (χ1n) is 5.06. The molecule has 0 radical (unpaired) electrons. The summed E-state index contributed by atoms with van der Waals surface area (Å²) in [6, 6.07) is 6.02. The van der Waals surface area contributed by atoms with Crippen LogP contribution in [0.15, 0.2) is 24.4 Å². The van der Waals surface area contributed by atoms with E-state index in [1.165, 1.54) is 0 Å². The van der Waals surface area contributed by atoms with E-state index in [-0.39, 0.29) is 5.88 Å². The van der Waals surface area contributed by atoms with Crippen LogP contribution in [0.1, 0.15) is 11.1 Å². The largest absolute Gasteiger partial charge is 0.493 e. The molecule has 0 fully saturated rings. The van der Waals surface area contributed by atoms with Crippen molar-refractivity contribution in [3.63, 3.8) is 0 Å². The van der Waals surface area contributed by atoms with Gasteiger partial charge >= 0.3 is 0 Å². The highest BCUT2D eigenvalue weighted by Crippen LogP contribution is 2.24. The van der Waals surface area contributed by atoms with Gasteiger partial charge in [0.15, 0.2) is 4.77 Å². The second-order valence-electron chi connectivity index (χ2n) is 3.96. The Balaban J connectivity index is 2.82. The fourth-order valence-corrected chi connectivity index (χ4v) is 2.15. The molecule has 0 unspecified atom stereocenters.